The highest BCUT2D eigenvalue weighted by Gasteiger charge is 2.50. The molecule has 29 N–H and O–H groups in total. The lowest BCUT2D eigenvalue weighted by atomic mass is 9.98. The largest absolute Gasteiger partial charge is 0.506 e. The number of carboxylic acids is 2. The smallest absolute Gasteiger partial charge is 0.321 e. The summed E-state index contributed by atoms with van der Waals surface area (Å²) in [7, 11) is 0. The Kier molecular flexibility index (Phi) is 34.5. The topological polar surface area (TPSA) is 684 Å². The third-order valence-corrected chi connectivity index (χ3v) is 15.5. The average molecular weight is 1340 g/mol. The van der Waals surface area contributed by atoms with Crippen LogP contribution in [0.4, 0.5) is 0 Å². The van der Waals surface area contributed by atoms with E-state index in [2.05, 4.69) is 0 Å². The molecule has 41 heteroatoms. The number of hydrogen-bond donors (Lipinski definition) is 27. The van der Waals surface area contributed by atoms with Crippen molar-refractivity contribution in [2.24, 2.45) is 11.5 Å². The summed E-state index contributed by atoms with van der Waals surface area (Å²) in [4.78, 5) is 22.9. The Hall–Kier alpha value is -4.08. The normalized spacial score (nSPS) is 38.6. The fraction of sp³-hybridized carbons (Fsp3) is 0.792. The third-order valence-electron chi connectivity index (χ3n) is 13.2. The van der Waals surface area contributed by atoms with Crippen LogP contribution in [0.15, 0.2) is 46.1 Å². The van der Waals surface area contributed by atoms with Gasteiger partial charge in [0.1, 0.15) is 91.4 Å². The van der Waals surface area contributed by atoms with E-state index in [0.29, 0.717) is 0 Å². The van der Waals surface area contributed by atoms with E-state index in [1.807, 2.05) is 0 Å². The molecular formula is C48H82N2O37S2. The van der Waals surface area contributed by atoms with Gasteiger partial charge in [0.15, 0.2) is 64.9 Å². The van der Waals surface area contributed by atoms with Crippen molar-refractivity contribution in [3.63, 3.8) is 0 Å². The molecule has 0 aromatic heterocycles. The van der Waals surface area contributed by atoms with E-state index in [9.17, 15) is 137 Å². The minimum atomic E-state index is -2.87. The molecule has 6 unspecified atom stereocenters. The van der Waals surface area contributed by atoms with Crippen molar-refractivity contribution in [2.75, 3.05) is 69.3 Å². The molecule has 2 fully saturated rings. The Balaban J connectivity index is 2.25. The lowest BCUT2D eigenvalue weighted by Crippen LogP contribution is -2.62. The van der Waals surface area contributed by atoms with Crippen molar-refractivity contribution in [2.45, 2.75) is 167 Å². The molecule has 0 aromatic carbocycles. The summed E-state index contributed by atoms with van der Waals surface area (Å²) in [6.45, 7) is -7.59. The van der Waals surface area contributed by atoms with E-state index in [-0.39, 0.29) is 17.3 Å². The van der Waals surface area contributed by atoms with Crippen molar-refractivity contribution < 1.29 is 185 Å². The summed E-state index contributed by atoms with van der Waals surface area (Å²) in [5.41, 5.74) is 11.2. The average Bonchev–Trinajstić information content (AvgIpc) is 1.37. The second-order valence-electron chi connectivity index (χ2n) is 19.6. The molecule has 0 aliphatic carbocycles. The van der Waals surface area contributed by atoms with Gasteiger partial charge >= 0.3 is 11.9 Å². The molecule has 518 valence electrons. The first kappa shape index (κ1) is 79.2. The van der Waals surface area contributed by atoms with Crippen LogP contribution in [0, 0.1) is 0 Å². The van der Waals surface area contributed by atoms with Gasteiger partial charge in [-0.05, 0) is 12.2 Å². The summed E-state index contributed by atoms with van der Waals surface area (Å²) < 4.78 is 54.8. The van der Waals surface area contributed by atoms with Gasteiger partial charge in [-0.2, -0.15) is 23.5 Å². The van der Waals surface area contributed by atoms with Crippen molar-refractivity contribution in [1.29, 1.82) is 0 Å². The maximum absolute atomic E-state index is 11.5. The van der Waals surface area contributed by atoms with Gasteiger partial charge in [0.05, 0.1) is 32.5 Å². The van der Waals surface area contributed by atoms with Gasteiger partial charge in [-0.25, -0.2) is 0 Å². The number of aliphatic carboxylic acids is 2. The standard InChI is InChI=1S/C48H82N2O37S2/c49-16(41(70)71)13-88-8-4-21-30(61)34(65)43(74)80-19(2-6-52)28(59)36(67)46(77)87-40-24(11-56)85-48(38(69)32(40)63)83-22(9-54)25(15-89-14-17(50)42(72)73)79-26(12-57)78-18(1-5-51)27(58)35(66)45(76)86-39-23(10-55)84-47(37(68)31(39)62)82-20(3-7-53)29(60)33(64)44(75)81-21/h16-26,31-32,37-40,43-48,51-69,74-77H,1-15,49-50H2,(H,70,71)(H,72,73)/b33-29+,34-30?,35-27+,36-28+/t16-,17-,18-,19-,20-,21-,22+,23?,24?,25?,26+,31?,32-,37+,38?,39-,40-,43-,44-,45-,46-,47?,48+/m1/s1. The molecule has 0 saturated carbocycles. The summed E-state index contributed by atoms with van der Waals surface area (Å²) in [5.74, 6) is -16.7. The minimum absolute atomic E-state index is 0.302. The second-order valence-corrected chi connectivity index (χ2v) is 21.8. The highest BCUT2D eigenvalue weighted by atomic mass is 32.2. The number of rotatable bonds is 21. The highest BCUT2D eigenvalue weighted by molar-refractivity contribution is 7.99. The Morgan fingerprint density at radius 2 is 0.719 bits per heavy atom. The molecular weight excluding hydrogens is 1260 g/mol. The quantitative estimate of drug-likeness (QED) is 0.0475. The zero-order valence-electron chi connectivity index (χ0n) is 46.9. The fourth-order valence-electron chi connectivity index (χ4n) is 8.29. The molecule has 5 rings (SSSR count). The zero-order valence-corrected chi connectivity index (χ0v) is 48.6. The van der Waals surface area contributed by atoms with Gasteiger partial charge in [0.25, 0.3) is 0 Å². The monoisotopic (exact) mass is 1340 g/mol. The highest BCUT2D eigenvalue weighted by Crippen LogP contribution is 2.33. The van der Waals surface area contributed by atoms with Crippen LogP contribution in [-0.4, -0.2) is 350 Å². The number of ether oxygens (including phenoxy) is 10. The van der Waals surface area contributed by atoms with Crippen LogP contribution in [0.25, 0.3) is 0 Å². The first-order valence-electron chi connectivity index (χ1n) is 26.8. The van der Waals surface area contributed by atoms with Crippen LogP contribution in [0.3, 0.4) is 0 Å². The van der Waals surface area contributed by atoms with Crippen LogP contribution >= 0.6 is 23.5 Å². The van der Waals surface area contributed by atoms with E-state index in [1.165, 1.54) is 0 Å². The molecule has 0 radical (unpaired) electrons. The number of nitrogens with two attached hydrogens (primary N) is 2. The Bertz CT molecular complexity index is 2270. The van der Waals surface area contributed by atoms with Crippen molar-refractivity contribution in [3.05, 3.63) is 46.1 Å². The SMILES string of the molecule is N[C@H](CSCC[C@H]1O[C@@H](O)/C(O)=C(\O)[C@@H](CCO)OC2OC(CO)[C@@H](O[C@@H](O)/C(O)=C(\O)[C@@H](CCO)O[C@H](CO)OC(CSC[C@@H](N)C(=O)O)[C@H](CO)O[C@H]3OC(CO)[C@@H](O[C@@H](O)/C(O)=C(\O)[C@@H](CCO)O[C@@H](O)C(O)=C1O)[C@H](O)C3O)C(O)[C@@H]2O)C(=O)O. The molecule has 23 atom stereocenters. The van der Waals surface area contributed by atoms with E-state index in [1.54, 1.807) is 0 Å². The van der Waals surface area contributed by atoms with Gasteiger partial charge in [-0.15, -0.1) is 0 Å². The first-order valence-corrected chi connectivity index (χ1v) is 29.1. The Morgan fingerprint density at radius 3 is 1.09 bits per heavy atom. The number of fused-ring (bicyclic) bond motifs is 2. The number of aliphatic hydroxyl groups excluding tert-OH is 23. The Labute approximate surface area is 512 Å². The molecule has 5 aliphatic rings. The lowest BCUT2D eigenvalue weighted by Gasteiger charge is -2.43. The molecule has 0 spiro atoms. The van der Waals surface area contributed by atoms with Crippen molar-refractivity contribution >= 4 is 35.5 Å². The van der Waals surface area contributed by atoms with Gasteiger partial charge in [0, 0.05) is 56.3 Å². The molecule has 2 saturated heterocycles. The fourth-order valence-corrected chi connectivity index (χ4v) is 10.3. The van der Waals surface area contributed by atoms with E-state index in [4.69, 9.17) is 58.8 Å². The molecule has 39 nitrogen and oxygen atoms in total. The summed E-state index contributed by atoms with van der Waals surface area (Å²) >= 11 is 1.50. The van der Waals surface area contributed by atoms with Gasteiger partial charge in [-0.3, -0.25) is 9.59 Å². The van der Waals surface area contributed by atoms with E-state index >= 15 is 0 Å². The maximum atomic E-state index is 11.5. The zero-order chi connectivity index (χ0) is 67.1. The second kappa shape index (κ2) is 38.8. The predicted octanol–water partition coefficient (Wildman–Crippen LogP) is -8.32. The molecule has 5 aliphatic heterocycles. The maximum Gasteiger partial charge on any atom is 0.321 e. The van der Waals surface area contributed by atoms with Gasteiger partial charge < -0.3 is 186 Å². The van der Waals surface area contributed by atoms with Crippen LogP contribution in [-0.2, 0) is 57.0 Å². The molecule has 5 heterocycles. The Morgan fingerprint density at radius 1 is 0.382 bits per heavy atom. The number of carboxylic acid groups (broad SMARTS) is 2. The third kappa shape index (κ3) is 22.6. The van der Waals surface area contributed by atoms with Crippen LogP contribution in [0.2, 0.25) is 0 Å². The summed E-state index contributed by atoms with van der Waals surface area (Å²) in [6, 6.07) is -2.97. The minimum Gasteiger partial charge on any atom is -0.506 e. The van der Waals surface area contributed by atoms with Crippen LogP contribution in [0.1, 0.15) is 25.7 Å². The van der Waals surface area contributed by atoms with Gasteiger partial charge in [0.2, 0.25) is 25.2 Å². The summed E-state index contributed by atoms with van der Waals surface area (Å²) in [5, 5.41) is 268. The molecule has 89 heavy (non-hydrogen) atoms. The molecule has 0 aromatic rings. The number of carbonyl (C=O) groups is 2. The first-order chi connectivity index (χ1) is 42.0. The predicted molar refractivity (Wildman–Crippen MR) is 291 cm³/mol. The number of hydrogen-bond acceptors (Lipinski definition) is 39. The molecule has 4 bridgehead atoms. The van der Waals surface area contributed by atoms with Crippen LogP contribution in [0.5, 0.6) is 0 Å². The van der Waals surface area contributed by atoms with Crippen molar-refractivity contribution in [1.82, 2.24) is 0 Å². The van der Waals surface area contributed by atoms with Crippen molar-refractivity contribution in [3.8, 4) is 0 Å². The lowest BCUT2D eigenvalue weighted by molar-refractivity contribution is -0.339. The number of aliphatic hydroxyl groups is 23. The van der Waals surface area contributed by atoms with E-state index in [0.717, 1.165) is 23.5 Å². The molecule has 0 amide bonds. The van der Waals surface area contributed by atoms with Crippen LogP contribution < -0.4 is 11.5 Å². The van der Waals surface area contributed by atoms with E-state index < -0.39 is 277 Å². The number of thioether (sulfide) groups is 2. The summed E-state index contributed by atoms with van der Waals surface area (Å²) in [6.07, 6.45) is -50.4. The van der Waals surface area contributed by atoms with Gasteiger partial charge in [-0.1, -0.05) is 0 Å².